The summed E-state index contributed by atoms with van der Waals surface area (Å²) in [6.45, 7) is 7.44. The average Bonchev–Trinajstić information content (AvgIpc) is 2.52. The first-order valence-corrected chi connectivity index (χ1v) is 10.1. The SMILES string of the molecule is CCCCCO[C@H]1C[C@@H](C)CCN1S(=O)(=O)c1ccc(C)cc1. The molecule has 1 heterocycles. The predicted molar refractivity (Wildman–Crippen MR) is 92.7 cm³/mol. The highest BCUT2D eigenvalue weighted by atomic mass is 32.2. The third kappa shape index (κ3) is 4.78. The minimum absolute atomic E-state index is 0.332. The molecule has 0 unspecified atom stereocenters. The Balaban J connectivity index is 2.13. The van der Waals surface area contributed by atoms with Gasteiger partial charge in [-0.05, 0) is 44.2 Å². The van der Waals surface area contributed by atoms with Crippen molar-refractivity contribution < 1.29 is 13.2 Å². The van der Waals surface area contributed by atoms with Crippen molar-refractivity contribution in [3.8, 4) is 0 Å². The maximum Gasteiger partial charge on any atom is 0.245 e. The smallest absolute Gasteiger partial charge is 0.245 e. The molecule has 1 aromatic carbocycles. The summed E-state index contributed by atoms with van der Waals surface area (Å²) in [7, 11) is -3.49. The van der Waals surface area contributed by atoms with Gasteiger partial charge in [0, 0.05) is 13.2 Å². The Kier molecular flexibility index (Phi) is 6.62. The monoisotopic (exact) mass is 339 g/mol. The van der Waals surface area contributed by atoms with Gasteiger partial charge in [0.1, 0.15) is 6.23 Å². The molecule has 1 aliphatic rings. The lowest BCUT2D eigenvalue weighted by Crippen LogP contribution is -2.47. The van der Waals surface area contributed by atoms with Crippen molar-refractivity contribution in [1.29, 1.82) is 0 Å². The van der Waals surface area contributed by atoms with Crippen LogP contribution in [-0.4, -0.2) is 32.1 Å². The summed E-state index contributed by atoms with van der Waals surface area (Å²) in [5.74, 6) is 0.496. The van der Waals surface area contributed by atoms with Crippen LogP contribution in [0.15, 0.2) is 29.2 Å². The molecule has 0 aliphatic carbocycles. The highest BCUT2D eigenvalue weighted by Crippen LogP contribution is 2.29. The van der Waals surface area contributed by atoms with Crippen molar-refractivity contribution in [1.82, 2.24) is 4.31 Å². The molecule has 1 saturated heterocycles. The number of nitrogens with zero attached hydrogens (tertiary/aromatic N) is 1. The Morgan fingerprint density at radius 2 is 1.91 bits per heavy atom. The zero-order valence-corrected chi connectivity index (χ0v) is 15.3. The molecule has 0 amide bonds. The van der Waals surface area contributed by atoms with Crippen LogP contribution in [0.1, 0.15) is 51.5 Å². The second kappa shape index (κ2) is 8.27. The zero-order chi connectivity index (χ0) is 16.9. The van der Waals surface area contributed by atoms with Crippen LogP contribution in [-0.2, 0) is 14.8 Å². The maximum absolute atomic E-state index is 13.0. The highest BCUT2D eigenvalue weighted by Gasteiger charge is 2.36. The Morgan fingerprint density at radius 3 is 2.57 bits per heavy atom. The minimum atomic E-state index is -3.49. The van der Waals surface area contributed by atoms with Gasteiger partial charge in [-0.25, -0.2) is 8.42 Å². The highest BCUT2D eigenvalue weighted by molar-refractivity contribution is 7.89. The fraction of sp³-hybridized carbons (Fsp3) is 0.667. The van der Waals surface area contributed by atoms with Crippen LogP contribution < -0.4 is 0 Å². The number of hydrogen-bond donors (Lipinski definition) is 0. The van der Waals surface area contributed by atoms with Crippen molar-refractivity contribution in [3.63, 3.8) is 0 Å². The van der Waals surface area contributed by atoms with Crippen LogP contribution >= 0.6 is 0 Å². The van der Waals surface area contributed by atoms with Crippen LogP contribution in [0.4, 0.5) is 0 Å². The molecule has 5 heteroatoms. The van der Waals surface area contributed by atoms with E-state index in [1.165, 1.54) is 0 Å². The number of rotatable bonds is 7. The van der Waals surface area contributed by atoms with E-state index in [1.54, 1.807) is 16.4 Å². The van der Waals surface area contributed by atoms with Gasteiger partial charge in [0.2, 0.25) is 10.0 Å². The first kappa shape index (κ1) is 18.4. The molecule has 0 bridgehead atoms. The van der Waals surface area contributed by atoms with Crippen molar-refractivity contribution >= 4 is 10.0 Å². The molecule has 0 spiro atoms. The van der Waals surface area contributed by atoms with Gasteiger partial charge in [-0.2, -0.15) is 4.31 Å². The molecule has 0 radical (unpaired) electrons. The summed E-state index contributed by atoms with van der Waals surface area (Å²) in [6, 6.07) is 7.07. The molecule has 4 nitrogen and oxygen atoms in total. The van der Waals surface area contributed by atoms with E-state index < -0.39 is 10.0 Å². The van der Waals surface area contributed by atoms with Crippen LogP contribution in [0.3, 0.4) is 0 Å². The molecular weight excluding hydrogens is 310 g/mol. The van der Waals surface area contributed by atoms with Crippen LogP contribution in [0.25, 0.3) is 0 Å². The van der Waals surface area contributed by atoms with E-state index >= 15 is 0 Å². The van der Waals surface area contributed by atoms with E-state index in [9.17, 15) is 8.42 Å². The summed E-state index contributed by atoms with van der Waals surface area (Å²) in [4.78, 5) is 0.361. The van der Waals surface area contributed by atoms with Crippen molar-refractivity contribution in [2.75, 3.05) is 13.2 Å². The third-order valence-corrected chi connectivity index (χ3v) is 6.36. The second-order valence-electron chi connectivity index (χ2n) is 6.59. The standard InChI is InChI=1S/C18H29NO3S/c1-4-5-6-13-22-18-14-16(3)11-12-19(18)23(20,21)17-9-7-15(2)8-10-17/h7-10,16,18H,4-6,11-14H2,1-3H3/t16-,18-/m0/s1. The van der Waals surface area contributed by atoms with Crippen molar-refractivity contribution in [3.05, 3.63) is 29.8 Å². The number of sulfonamides is 1. The first-order valence-electron chi connectivity index (χ1n) is 8.65. The number of unbranched alkanes of at least 4 members (excludes halogenated alkanes) is 2. The number of ether oxygens (including phenoxy) is 1. The quantitative estimate of drug-likeness (QED) is 0.707. The Hall–Kier alpha value is -0.910. The molecule has 0 N–H and O–H groups in total. The molecule has 1 fully saturated rings. The number of benzene rings is 1. The summed E-state index contributed by atoms with van der Waals surface area (Å²) >= 11 is 0. The van der Waals surface area contributed by atoms with E-state index in [2.05, 4.69) is 13.8 Å². The second-order valence-corrected chi connectivity index (χ2v) is 8.48. The summed E-state index contributed by atoms with van der Waals surface area (Å²) in [5, 5.41) is 0. The molecule has 0 aromatic heterocycles. The van der Waals surface area contributed by atoms with Gasteiger partial charge in [-0.3, -0.25) is 0 Å². The van der Waals surface area contributed by atoms with E-state index in [0.717, 1.165) is 37.7 Å². The molecule has 0 saturated carbocycles. The van der Waals surface area contributed by atoms with Gasteiger partial charge in [0.25, 0.3) is 0 Å². The summed E-state index contributed by atoms with van der Waals surface area (Å²) in [5.41, 5.74) is 1.06. The van der Waals surface area contributed by atoms with Crippen LogP contribution in [0, 0.1) is 12.8 Å². The molecule has 1 aliphatic heterocycles. The third-order valence-electron chi connectivity index (χ3n) is 4.45. The van der Waals surface area contributed by atoms with Crippen LogP contribution in [0.5, 0.6) is 0 Å². The van der Waals surface area contributed by atoms with E-state index in [-0.39, 0.29) is 6.23 Å². The largest absolute Gasteiger partial charge is 0.362 e. The van der Waals surface area contributed by atoms with E-state index in [1.807, 2.05) is 19.1 Å². The lowest BCUT2D eigenvalue weighted by molar-refractivity contribution is -0.0522. The molecule has 130 valence electrons. The topological polar surface area (TPSA) is 46.6 Å². The molecule has 1 aromatic rings. The fourth-order valence-corrected chi connectivity index (χ4v) is 4.47. The number of hydrogen-bond acceptors (Lipinski definition) is 3. The van der Waals surface area contributed by atoms with Gasteiger partial charge in [-0.1, -0.05) is 44.4 Å². The number of aryl methyl sites for hydroxylation is 1. The Bertz CT molecular complexity index is 583. The molecule has 2 atom stereocenters. The number of piperidine rings is 1. The van der Waals surface area contributed by atoms with Crippen molar-refractivity contribution in [2.45, 2.75) is 64.0 Å². The fourth-order valence-electron chi connectivity index (χ4n) is 2.91. The molecular formula is C18H29NO3S. The van der Waals surface area contributed by atoms with E-state index in [0.29, 0.717) is 24.0 Å². The Labute approximate surface area is 140 Å². The lowest BCUT2D eigenvalue weighted by atomic mass is 9.99. The summed E-state index contributed by atoms with van der Waals surface area (Å²) < 4.78 is 33.4. The predicted octanol–water partition coefficient (Wildman–Crippen LogP) is 3.95. The minimum Gasteiger partial charge on any atom is -0.362 e. The molecule has 2 rings (SSSR count). The van der Waals surface area contributed by atoms with Gasteiger partial charge in [0.05, 0.1) is 4.90 Å². The van der Waals surface area contributed by atoms with E-state index in [4.69, 9.17) is 4.74 Å². The Morgan fingerprint density at radius 1 is 1.22 bits per heavy atom. The van der Waals surface area contributed by atoms with Gasteiger partial charge in [-0.15, -0.1) is 0 Å². The average molecular weight is 340 g/mol. The zero-order valence-electron chi connectivity index (χ0n) is 14.5. The van der Waals surface area contributed by atoms with Crippen molar-refractivity contribution in [2.24, 2.45) is 5.92 Å². The first-order chi connectivity index (χ1) is 10.9. The molecule has 23 heavy (non-hydrogen) atoms. The lowest BCUT2D eigenvalue weighted by Gasteiger charge is -2.37. The normalized spacial score (nSPS) is 23.1. The van der Waals surface area contributed by atoms with Gasteiger partial charge in [0.15, 0.2) is 0 Å². The maximum atomic E-state index is 13.0. The summed E-state index contributed by atoms with van der Waals surface area (Å²) in [6.07, 6.45) is 4.57. The van der Waals surface area contributed by atoms with Gasteiger partial charge < -0.3 is 4.74 Å². The van der Waals surface area contributed by atoms with Crippen LogP contribution in [0.2, 0.25) is 0 Å². The van der Waals surface area contributed by atoms with Gasteiger partial charge >= 0.3 is 0 Å².